The minimum Gasteiger partial charge on any atom is -0.335 e. The lowest BCUT2D eigenvalue weighted by Gasteiger charge is -2.33. The minimum atomic E-state index is -3.53. The van der Waals surface area contributed by atoms with Crippen molar-refractivity contribution in [2.75, 3.05) is 26.2 Å². The van der Waals surface area contributed by atoms with Gasteiger partial charge in [0.25, 0.3) is 15.9 Å². The molecule has 0 saturated carbocycles. The molecule has 2 aromatic rings. The van der Waals surface area contributed by atoms with Crippen LogP contribution >= 0.6 is 34.3 Å². The van der Waals surface area contributed by atoms with E-state index >= 15 is 0 Å². The van der Waals surface area contributed by atoms with E-state index in [4.69, 9.17) is 11.6 Å². The molecule has 1 aliphatic heterocycles. The second-order valence-corrected chi connectivity index (χ2v) is 11.5. The minimum absolute atomic E-state index is 0.0283. The average molecular weight is 431 g/mol. The van der Waals surface area contributed by atoms with Gasteiger partial charge in [-0.25, -0.2) is 8.42 Å². The number of nitrogens with zero attached hydrogens (tertiary/aromatic N) is 2. The third-order valence-corrected chi connectivity index (χ3v) is 9.70. The molecule has 2 aliphatic rings. The second-order valence-electron chi connectivity index (χ2n) is 6.52. The number of hydrogen-bond donors (Lipinski definition) is 0. The highest BCUT2D eigenvalue weighted by molar-refractivity contribution is 7.91. The summed E-state index contributed by atoms with van der Waals surface area (Å²) in [7, 11) is -3.53. The maximum Gasteiger partial charge on any atom is 0.264 e. The topological polar surface area (TPSA) is 57.7 Å². The third-order valence-electron chi connectivity index (χ3n) is 4.88. The predicted molar refractivity (Wildman–Crippen MR) is 105 cm³/mol. The van der Waals surface area contributed by atoms with Crippen molar-refractivity contribution in [2.24, 2.45) is 0 Å². The molecule has 0 N–H and O–H groups in total. The molecule has 0 bridgehead atoms. The fraction of sp³-hybridized carbons (Fsp3) is 0.471. The van der Waals surface area contributed by atoms with E-state index < -0.39 is 10.0 Å². The number of hydrogen-bond acceptors (Lipinski definition) is 5. The Kier molecular flexibility index (Phi) is 5.13. The molecule has 4 rings (SSSR count). The Morgan fingerprint density at radius 2 is 1.77 bits per heavy atom. The van der Waals surface area contributed by atoms with Crippen LogP contribution in [0.4, 0.5) is 0 Å². The lowest BCUT2D eigenvalue weighted by Crippen LogP contribution is -2.50. The number of aryl methyl sites for hydroxylation is 2. The van der Waals surface area contributed by atoms with Crippen molar-refractivity contribution in [1.82, 2.24) is 9.21 Å². The van der Waals surface area contributed by atoms with Gasteiger partial charge in [-0.2, -0.15) is 4.31 Å². The first kappa shape index (κ1) is 18.4. The van der Waals surface area contributed by atoms with Gasteiger partial charge in [-0.15, -0.1) is 22.7 Å². The van der Waals surface area contributed by atoms with E-state index in [9.17, 15) is 13.2 Å². The molecule has 1 saturated heterocycles. The molecule has 1 aliphatic carbocycles. The number of rotatable bonds is 3. The monoisotopic (exact) mass is 430 g/mol. The standard InChI is InChI=1S/C17H19ClN2O3S3/c18-15-5-6-16(25-15)26(22,23)20-9-7-19(8-10-20)17(21)14-11-12-3-1-2-4-13(12)24-14/h5-6,11H,1-4,7-10H2. The fourth-order valence-corrected chi connectivity index (χ4v) is 7.73. The molecule has 140 valence electrons. The van der Waals surface area contributed by atoms with Crippen molar-refractivity contribution in [2.45, 2.75) is 29.9 Å². The molecule has 0 atom stereocenters. The highest BCUT2D eigenvalue weighted by atomic mass is 35.5. The molecule has 0 radical (unpaired) electrons. The number of thiophene rings is 2. The molecule has 2 aromatic heterocycles. The molecule has 3 heterocycles. The van der Waals surface area contributed by atoms with E-state index in [0.717, 1.165) is 29.1 Å². The van der Waals surface area contributed by atoms with Crippen LogP contribution in [0.15, 0.2) is 22.4 Å². The predicted octanol–water partition coefficient (Wildman–Crippen LogP) is 3.49. The fourth-order valence-electron chi connectivity index (χ4n) is 3.45. The molecule has 26 heavy (non-hydrogen) atoms. The number of piperazine rings is 1. The normalized spacial score (nSPS) is 18.7. The van der Waals surface area contributed by atoms with E-state index in [2.05, 4.69) is 0 Å². The van der Waals surface area contributed by atoms with Crippen LogP contribution in [-0.2, 0) is 22.9 Å². The SMILES string of the molecule is O=C(c1cc2c(s1)CCCC2)N1CCN(S(=O)(=O)c2ccc(Cl)s2)CC1. The molecule has 1 amide bonds. The van der Waals surface area contributed by atoms with Crippen LogP contribution in [0.3, 0.4) is 0 Å². The second kappa shape index (κ2) is 7.24. The summed E-state index contributed by atoms with van der Waals surface area (Å²) < 4.78 is 27.5. The molecule has 0 spiro atoms. The summed E-state index contributed by atoms with van der Waals surface area (Å²) in [5, 5.41) is 0. The van der Waals surface area contributed by atoms with Gasteiger partial charge < -0.3 is 4.90 Å². The summed E-state index contributed by atoms with van der Waals surface area (Å²) in [6, 6.07) is 5.17. The Morgan fingerprint density at radius 1 is 1.04 bits per heavy atom. The van der Waals surface area contributed by atoms with Crippen molar-refractivity contribution in [3.63, 3.8) is 0 Å². The van der Waals surface area contributed by atoms with Crippen LogP contribution in [-0.4, -0.2) is 49.7 Å². The average Bonchev–Trinajstić information content (AvgIpc) is 3.27. The molecule has 9 heteroatoms. The first-order valence-electron chi connectivity index (χ1n) is 8.61. The summed E-state index contributed by atoms with van der Waals surface area (Å²) in [4.78, 5) is 16.7. The van der Waals surface area contributed by atoms with Gasteiger partial charge in [0, 0.05) is 31.1 Å². The van der Waals surface area contributed by atoms with E-state index in [1.807, 2.05) is 6.07 Å². The molecular formula is C17H19ClN2O3S3. The molecule has 0 unspecified atom stereocenters. The maximum atomic E-state index is 12.8. The zero-order valence-electron chi connectivity index (χ0n) is 14.1. The highest BCUT2D eigenvalue weighted by Crippen LogP contribution is 2.31. The third kappa shape index (κ3) is 3.45. The van der Waals surface area contributed by atoms with Gasteiger partial charge in [0.05, 0.1) is 9.21 Å². The lowest BCUT2D eigenvalue weighted by molar-refractivity contribution is 0.0703. The van der Waals surface area contributed by atoms with Gasteiger partial charge in [0.1, 0.15) is 4.21 Å². The van der Waals surface area contributed by atoms with Crippen molar-refractivity contribution < 1.29 is 13.2 Å². The number of halogens is 1. The van der Waals surface area contributed by atoms with Crippen molar-refractivity contribution in [3.8, 4) is 0 Å². The van der Waals surface area contributed by atoms with Gasteiger partial charge in [0.2, 0.25) is 0 Å². The van der Waals surface area contributed by atoms with Crippen LogP contribution in [0.25, 0.3) is 0 Å². The summed E-state index contributed by atoms with van der Waals surface area (Å²) in [6.07, 6.45) is 4.53. The van der Waals surface area contributed by atoms with Gasteiger partial charge in [-0.3, -0.25) is 4.79 Å². The van der Waals surface area contributed by atoms with Crippen LogP contribution in [0.1, 0.15) is 33.0 Å². The number of amides is 1. The number of fused-ring (bicyclic) bond motifs is 1. The van der Waals surface area contributed by atoms with Crippen LogP contribution in [0, 0.1) is 0 Å². The van der Waals surface area contributed by atoms with Crippen molar-refractivity contribution in [1.29, 1.82) is 0 Å². The summed E-state index contributed by atoms with van der Waals surface area (Å²) in [5.74, 6) is 0.0283. The van der Waals surface area contributed by atoms with Gasteiger partial charge in [-0.1, -0.05) is 11.6 Å². The van der Waals surface area contributed by atoms with E-state index in [-0.39, 0.29) is 10.1 Å². The Balaban J connectivity index is 1.43. The number of carbonyl (C=O) groups is 1. The summed E-state index contributed by atoms with van der Waals surface area (Å²) >= 11 is 8.54. The Morgan fingerprint density at radius 3 is 2.42 bits per heavy atom. The molecule has 0 aromatic carbocycles. The van der Waals surface area contributed by atoms with Crippen LogP contribution < -0.4 is 0 Å². The first-order chi connectivity index (χ1) is 12.4. The quantitative estimate of drug-likeness (QED) is 0.748. The van der Waals surface area contributed by atoms with E-state index in [0.29, 0.717) is 30.5 Å². The Bertz CT molecular complexity index is 903. The van der Waals surface area contributed by atoms with E-state index in [1.165, 1.54) is 33.7 Å². The molecule has 1 fully saturated rings. The first-order valence-corrected chi connectivity index (χ1v) is 12.1. The zero-order valence-corrected chi connectivity index (χ0v) is 17.3. The van der Waals surface area contributed by atoms with E-state index in [1.54, 1.807) is 22.3 Å². The van der Waals surface area contributed by atoms with Crippen molar-refractivity contribution in [3.05, 3.63) is 37.9 Å². The Hall–Kier alpha value is -0.930. The number of sulfonamides is 1. The van der Waals surface area contributed by atoms with Gasteiger partial charge in [0.15, 0.2) is 0 Å². The Labute approximate surface area is 166 Å². The zero-order chi connectivity index (χ0) is 18.3. The summed E-state index contributed by atoms with van der Waals surface area (Å²) in [6.45, 7) is 1.46. The van der Waals surface area contributed by atoms with Crippen LogP contribution in [0.5, 0.6) is 0 Å². The van der Waals surface area contributed by atoms with Gasteiger partial charge >= 0.3 is 0 Å². The number of carbonyl (C=O) groups excluding carboxylic acids is 1. The van der Waals surface area contributed by atoms with Gasteiger partial charge in [-0.05, 0) is 49.4 Å². The summed E-state index contributed by atoms with van der Waals surface area (Å²) in [5.41, 5.74) is 1.32. The van der Waals surface area contributed by atoms with Crippen molar-refractivity contribution >= 4 is 50.2 Å². The molecule has 5 nitrogen and oxygen atoms in total. The van der Waals surface area contributed by atoms with Crippen LogP contribution in [0.2, 0.25) is 4.34 Å². The lowest BCUT2D eigenvalue weighted by atomic mass is 9.99. The highest BCUT2D eigenvalue weighted by Gasteiger charge is 2.32. The molecular weight excluding hydrogens is 412 g/mol. The largest absolute Gasteiger partial charge is 0.335 e. The maximum absolute atomic E-state index is 12.8. The smallest absolute Gasteiger partial charge is 0.264 e.